The van der Waals surface area contributed by atoms with E-state index in [1.165, 1.54) is 24.2 Å². The minimum absolute atomic E-state index is 0.307. The first-order valence-electron chi connectivity index (χ1n) is 15.0. The van der Waals surface area contributed by atoms with Gasteiger partial charge in [0.05, 0.1) is 27.6 Å². The van der Waals surface area contributed by atoms with Crippen molar-refractivity contribution in [1.82, 2.24) is 19.1 Å². The van der Waals surface area contributed by atoms with Crippen molar-refractivity contribution in [3.05, 3.63) is 107 Å². The first-order valence-corrected chi connectivity index (χ1v) is 15.0. The lowest BCUT2D eigenvalue weighted by molar-refractivity contribution is 0.00704. The lowest BCUT2D eigenvalue weighted by atomic mass is 9.98. The zero-order valence-corrected chi connectivity index (χ0v) is 25.4. The van der Waals surface area contributed by atoms with Gasteiger partial charge in [0.25, 0.3) is 0 Å². The lowest BCUT2D eigenvalue weighted by Gasteiger charge is -2.20. The second-order valence-corrected chi connectivity index (χ2v) is 12.7. The smallest absolute Gasteiger partial charge is 0.339 e. The Hall–Kier alpha value is -4.71. The van der Waals surface area contributed by atoms with Crippen LogP contribution in [0.2, 0.25) is 0 Å². The van der Waals surface area contributed by atoms with Gasteiger partial charge in [0.1, 0.15) is 17.2 Å². The van der Waals surface area contributed by atoms with Gasteiger partial charge in [-0.05, 0) is 93.1 Å². The van der Waals surface area contributed by atoms with E-state index in [4.69, 9.17) is 14.7 Å². The van der Waals surface area contributed by atoms with Crippen molar-refractivity contribution in [3.8, 4) is 22.5 Å². The number of aryl methyl sites for hydroxylation is 2. The number of nitrogens with zero attached hydrogens (tertiary/aromatic N) is 4. The topological polar surface area (TPSA) is 61.9 Å². The summed E-state index contributed by atoms with van der Waals surface area (Å²) in [5, 5.41) is 0. The normalized spacial score (nSPS) is 13.6. The first-order chi connectivity index (χ1) is 20.7. The molecule has 0 bridgehead atoms. The van der Waals surface area contributed by atoms with Crippen molar-refractivity contribution >= 4 is 28.0 Å². The Bertz CT molecular complexity index is 2000. The Morgan fingerprint density at radius 1 is 0.884 bits per heavy atom. The number of para-hydroxylation sites is 2. The van der Waals surface area contributed by atoms with Crippen molar-refractivity contribution in [3.63, 3.8) is 0 Å². The number of fused-ring (bicyclic) bond motifs is 2. The van der Waals surface area contributed by atoms with Gasteiger partial charge in [-0.25, -0.2) is 14.8 Å². The summed E-state index contributed by atoms with van der Waals surface area (Å²) in [6.07, 6.45) is 2.36. The number of aromatic nitrogens is 4. The van der Waals surface area contributed by atoms with E-state index in [9.17, 15) is 4.79 Å². The number of rotatable bonds is 6. The largest absolute Gasteiger partial charge is 0.456 e. The van der Waals surface area contributed by atoms with E-state index in [0.29, 0.717) is 11.5 Å². The molecule has 0 spiro atoms. The Morgan fingerprint density at radius 3 is 2.33 bits per heavy atom. The molecule has 0 amide bonds. The van der Waals surface area contributed by atoms with Crippen LogP contribution in [0, 0.1) is 6.92 Å². The van der Waals surface area contributed by atoms with Gasteiger partial charge in [0.15, 0.2) is 0 Å². The monoisotopic (exact) mass is 568 g/mol. The molecule has 0 atom stereocenters. The highest BCUT2D eigenvalue weighted by Crippen LogP contribution is 2.42. The molecule has 6 heteroatoms. The van der Waals surface area contributed by atoms with Gasteiger partial charge in [-0.1, -0.05) is 54.6 Å². The Balaban J connectivity index is 1.26. The lowest BCUT2D eigenvalue weighted by Crippen LogP contribution is -2.24. The summed E-state index contributed by atoms with van der Waals surface area (Å²) in [5.74, 6) is 2.32. The third-order valence-electron chi connectivity index (χ3n) is 8.21. The van der Waals surface area contributed by atoms with Crippen LogP contribution in [0.5, 0.6) is 0 Å². The fourth-order valence-electron chi connectivity index (χ4n) is 5.98. The number of benzene rings is 4. The zero-order valence-electron chi connectivity index (χ0n) is 25.4. The van der Waals surface area contributed by atoms with Gasteiger partial charge in [0.2, 0.25) is 0 Å². The number of imidazole rings is 2. The van der Waals surface area contributed by atoms with Crippen LogP contribution in [0.15, 0.2) is 84.9 Å². The zero-order chi connectivity index (χ0) is 29.9. The average Bonchev–Trinajstić information content (AvgIpc) is 3.69. The molecule has 0 saturated heterocycles. The second-order valence-electron chi connectivity index (χ2n) is 12.7. The van der Waals surface area contributed by atoms with Crippen LogP contribution in [0.25, 0.3) is 44.6 Å². The van der Waals surface area contributed by atoms with Crippen LogP contribution < -0.4 is 0 Å². The van der Waals surface area contributed by atoms with Crippen LogP contribution in [-0.2, 0) is 18.3 Å². The Labute approximate surface area is 252 Å². The van der Waals surface area contributed by atoms with E-state index in [1.54, 1.807) is 0 Å². The van der Waals surface area contributed by atoms with Gasteiger partial charge < -0.3 is 13.9 Å². The number of ether oxygens (including phenoxy) is 1. The summed E-state index contributed by atoms with van der Waals surface area (Å²) in [4.78, 5) is 23.1. The molecule has 0 N–H and O–H groups in total. The fourth-order valence-corrected chi connectivity index (χ4v) is 5.98. The predicted octanol–water partition coefficient (Wildman–Crippen LogP) is 8.45. The van der Waals surface area contributed by atoms with Gasteiger partial charge in [0, 0.05) is 25.1 Å². The van der Waals surface area contributed by atoms with Gasteiger partial charge >= 0.3 is 5.97 Å². The minimum Gasteiger partial charge on any atom is -0.456 e. The van der Waals surface area contributed by atoms with E-state index in [0.717, 1.165) is 56.7 Å². The summed E-state index contributed by atoms with van der Waals surface area (Å²) in [6.45, 7) is 8.55. The highest BCUT2D eigenvalue weighted by molar-refractivity contribution is 5.97. The van der Waals surface area contributed by atoms with Crippen LogP contribution >= 0.6 is 0 Å². The number of carbonyl (C=O) groups excluding carboxylic acids is 1. The fraction of sp³-hybridized carbons (Fsp3) is 0.270. The molecule has 2 heterocycles. The molecule has 6 aromatic rings. The van der Waals surface area contributed by atoms with Crippen LogP contribution in [-0.4, -0.2) is 30.7 Å². The molecule has 1 fully saturated rings. The van der Waals surface area contributed by atoms with E-state index >= 15 is 0 Å². The molecule has 216 valence electrons. The molecular formula is C37H36N4O2. The maximum atomic E-state index is 13.0. The second kappa shape index (κ2) is 10.2. The van der Waals surface area contributed by atoms with Gasteiger partial charge in [-0.3, -0.25) is 0 Å². The van der Waals surface area contributed by atoms with E-state index in [1.807, 2.05) is 51.1 Å². The third kappa shape index (κ3) is 5.11. The average molecular weight is 569 g/mol. The number of hydrogen-bond donors (Lipinski definition) is 0. The number of carbonyl (C=O) groups is 1. The number of esters is 1. The maximum absolute atomic E-state index is 13.0. The van der Waals surface area contributed by atoms with Crippen molar-refractivity contribution in [2.45, 2.75) is 58.6 Å². The standard InChI is InChI=1S/C37H36N4O2/c1-23-20-27(34-38-30-12-8-9-13-31(30)40(34)5)21-32-33(23)39-35(26-18-19-26)41(32)22-24-14-16-25(17-15-24)28-10-6-7-11-29(28)36(42)43-37(2,3)4/h6-17,20-21,26H,18-19,22H2,1-5H3. The van der Waals surface area contributed by atoms with Crippen molar-refractivity contribution in [1.29, 1.82) is 0 Å². The molecule has 7 rings (SSSR count). The van der Waals surface area contributed by atoms with Crippen molar-refractivity contribution < 1.29 is 9.53 Å². The van der Waals surface area contributed by atoms with E-state index < -0.39 is 5.60 Å². The van der Waals surface area contributed by atoms with E-state index in [-0.39, 0.29) is 5.97 Å². The summed E-state index contributed by atoms with van der Waals surface area (Å²) in [6, 6.07) is 28.9. The first kappa shape index (κ1) is 27.1. The molecule has 0 radical (unpaired) electrons. The predicted molar refractivity (Wildman–Crippen MR) is 172 cm³/mol. The Morgan fingerprint density at radius 2 is 1.60 bits per heavy atom. The minimum atomic E-state index is -0.553. The van der Waals surface area contributed by atoms with Crippen molar-refractivity contribution in [2.75, 3.05) is 0 Å². The van der Waals surface area contributed by atoms with Gasteiger partial charge in [-0.15, -0.1) is 0 Å². The summed E-state index contributed by atoms with van der Waals surface area (Å²) >= 11 is 0. The summed E-state index contributed by atoms with van der Waals surface area (Å²) in [7, 11) is 2.08. The highest BCUT2D eigenvalue weighted by atomic mass is 16.6. The summed E-state index contributed by atoms with van der Waals surface area (Å²) in [5.41, 5.74) is 9.65. The molecule has 0 unspecified atom stereocenters. The van der Waals surface area contributed by atoms with Crippen LogP contribution in [0.1, 0.15) is 66.8 Å². The highest BCUT2D eigenvalue weighted by Gasteiger charge is 2.30. The SMILES string of the molecule is Cc1cc(-c2nc3ccccc3n2C)cc2c1nc(C1CC1)n2Cc1ccc(-c2ccccc2C(=O)OC(C)(C)C)cc1. The Kier molecular flexibility index (Phi) is 6.46. The summed E-state index contributed by atoms with van der Waals surface area (Å²) < 4.78 is 10.3. The number of hydrogen-bond acceptors (Lipinski definition) is 4. The molecular weight excluding hydrogens is 532 g/mol. The van der Waals surface area contributed by atoms with Crippen LogP contribution in [0.3, 0.4) is 0 Å². The molecule has 1 aliphatic carbocycles. The quantitative estimate of drug-likeness (QED) is 0.189. The van der Waals surface area contributed by atoms with Crippen molar-refractivity contribution in [2.24, 2.45) is 7.05 Å². The van der Waals surface area contributed by atoms with E-state index in [2.05, 4.69) is 77.7 Å². The molecule has 1 aliphatic rings. The molecule has 1 saturated carbocycles. The molecule has 2 aromatic heterocycles. The molecule has 43 heavy (non-hydrogen) atoms. The van der Waals surface area contributed by atoms with Crippen LogP contribution in [0.4, 0.5) is 0 Å². The van der Waals surface area contributed by atoms with Gasteiger partial charge in [-0.2, -0.15) is 0 Å². The molecule has 4 aromatic carbocycles. The molecule has 0 aliphatic heterocycles. The maximum Gasteiger partial charge on any atom is 0.339 e. The third-order valence-corrected chi connectivity index (χ3v) is 8.21. The molecule has 6 nitrogen and oxygen atoms in total.